The topological polar surface area (TPSA) is 74.4 Å². The monoisotopic (exact) mass is 389 g/mol. The highest BCUT2D eigenvalue weighted by Gasteiger charge is 2.11. The van der Waals surface area contributed by atoms with Crippen LogP contribution in [0.15, 0.2) is 60.4 Å². The lowest BCUT2D eigenvalue weighted by Crippen LogP contribution is -2.02. The van der Waals surface area contributed by atoms with E-state index in [9.17, 15) is 0 Å². The molecule has 28 heavy (non-hydrogen) atoms. The second-order valence-electron chi connectivity index (χ2n) is 6.08. The Morgan fingerprint density at radius 2 is 2.00 bits per heavy atom. The molecule has 0 radical (unpaired) electrons. The Morgan fingerprint density at radius 1 is 1.04 bits per heavy atom. The van der Waals surface area contributed by atoms with Gasteiger partial charge in [-0.3, -0.25) is 9.38 Å². The summed E-state index contributed by atoms with van der Waals surface area (Å²) in [4.78, 5) is 8.75. The molecule has 0 unspecified atom stereocenters. The number of fused-ring (bicyclic) bond motifs is 2. The third-order valence-electron chi connectivity index (χ3n) is 4.42. The minimum Gasteiger partial charge on any atom is -0.497 e. The van der Waals surface area contributed by atoms with Gasteiger partial charge in [0.2, 0.25) is 0 Å². The standard InChI is InChI=1S/C20H15N5O2S/c1-26-14-3-4-15-16(10-14)21-7-6-17(15)27-12-19-24-23-18-5-2-13(11-25(18)19)20-22-8-9-28-20/h2-11H,12H2,1H3. The maximum atomic E-state index is 6.06. The highest BCUT2D eigenvalue weighted by atomic mass is 32.1. The number of hydrogen-bond donors (Lipinski definition) is 0. The van der Waals surface area contributed by atoms with E-state index in [4.69, 9.17) is 9.47 Å². The summed E-state index contributed by atoms with van der Waals surface area (Å²) in [5, 5.41) is 12.3. The summed E-state index contributed by atoms with van der Waals surface area (Å²) >= 11 is 1.59. The van der Waals surface area contributed by atoms with Gasteiger partial charge in [0.05, 0.1) is 12.6 Å². The van der Waals surface area contributed by atoms with Crippen LogP contribution < -0.4 is 9.47 Å². The van der Waals surface area contributed by atoms with Crippen molar-refractivity contribution in [2.24, 2.45) is 0 Å². The molecule has 0 N–H and O–H groups in total. The fourth-order valence-corrected chi connectivity index (χ4v) is 3.66. The summed E-state index contributed by atoms with van der Waals surface area (Å²) < 4.78 is 13.3. The third-order valence-corrected chi connectivity index (χ3v) is 5.24. The van der Waals surface area contributed by atoms with Crippen LogP contribution in [0.3, 0.4) is 0 Å². The van der Waals surface area contributed by atoms with Crippen molar-refractivity contribution in [3.8, 4) is 22.1 Å². The van der Waals surface area contributed by atoms with Crippen LogP contribution in [-0.2, 0) is 6.61 Å². The second-order valence-corrected chi connectivity index (χ2v) is 6.97. The lowest BCUT2D eigenvalue weighted by atomic mass is 10.2. The first-order valence-corrected chi connectivity index (χ1v) is 9.49. The first-order chi connectivity index (χ1) is 13.8. The molecule has 0 atom stereocenters. The van der Waals surface area contributed by atoms with Crippen LogP contribution in [0.2, 0.25) is 0 Å². The molecule has 0 spiro atoms. The zero-order valence-electron chi connectivity index (χ0n) is 14.9. The lowest BCUT2D eigenvalue weighted by molar-refractivity contribution is 0.298. The molecule has 0 aliphatic carbocycles. The van der Waals surface area contributed by atoms with E-state index in [0.717, 1.165) is 38.6 Å². The number of aromatic nitrogens is 5. The molecule has 5 rings (SSSR count). The van der Waals surface area contributed by atoms with E-state index < -0.39 is 0 Å². The first-order valence-electron chi connectivity index (χ1n) is 8.61. The number of hydrogen-bond acceptors (Lipinski definition) is 7. The van der Waals surface area contributed by atoms with E-state index in [1.807, 2.05) is 52.4 Å². The van der Waals surface area contributed by atoms with Crippen molar-refractivity contribution in [3.05, 3.63) is 66.2 Å². The highest BCUT2D eigenvalue weighted by molar-refractivity contribution is 7.13. The second kappa shape index (κ2) is 6.90. The minimum atomic E-state index is 0.285. The molecule has 0 aliphatic heterocycles. The molecule has 0 amide bonds. The van der Waals surface area contributed by atoms with E-state index in [-0.39, 0.29) is 6.61 Å². The SMILES string of the molecule is COc1ccc2c(OCc3nnc4ccc(-c5nccs5)cn34)ccnc2c1. The van der Waals surface area contributed by atoms with Gasteiger partial charge in [-0.2, -0.15) is 0 Å². The van der Waals surface area contributed by atoms with Gasteiger partial charge in [0.25, 0.3) is 0 Å². The Kier molecular flexibility index (Phi) is 4.10. The number of rotatable bonds is 5. The predicted octanol–water partition coefficient (Wildman–Crippen LogP) is 3.99. The summed E-state index contributed by atoms with van der Waals surface area (Å²) in [7, 11) is 1.64. The maximum Gasteiger partial charge on any atom is 0.175 e. The molecule has 0 saturated heterocycles. The number of methoxy groups -OCH3 is 1. The Bertz CT molecular complexity index is 1270. The number of ether oxygens (including phenoxy) is 2. The lowest BCUT2D eigenvalue weighted by Gasteiger charge is -2.09. The molecule has 0 fully saturated rings. The summed E-state index contributed by atoms with van der Waals surface area (Å²) in [6.07, 6.45) is 5.51. The van der Waals surface area contributed by atoms with Crippen LogP contribution in [0.4, 0.5) is 0 Å². The number of thiazole rings is 1. The van der Waals surface area contributed by atoms with Crippen LogP contribution in [0.5, 0.6) is 11.5 Å². The largest absolute Gasteiger partial charge is 0.497 e. The normalized spacial score (nSPS) is 11.2. The number of benzene rings is 1. The molecule has 4 heterocycles. The zero-order valence-corrected chi connectivity index (χ0v) is 15.8. The van der Waals surface area contributed by atoms with Gasteiger partial charge in [0.1, 0.15) is 23.1 Å². The highest BCUT2D eigenvalue weighted by Crippen LogP contribution is 2.28. The molecular weight excluding hydrogens is 374 g/mol. The summed E-state index contributed by atoms with van der Waals surface area (Å²) in [5.74, 6) is 2.21. The first kappa shape index (κ1) is 16.6. The van der Waals surface area contributed by atoms with E-state index in [1.54, 1.807) is 30.8 Å². The summed E-state index contributed by atoms with van der Waals surface area (Å²) in [5.41, 5.74) is 2.60. The molecule has 0 bridgehead atoms. The predicted molar refractivity (Wildman–Crippen MR) is 107 cm³/mol. The van der Waals surface area contributed by atoms with Gasteiger partial charge >= 0.3 is 0 Å². The van der Waals surface area contributed by atoms with Gasteiger partial charge in [-0.1, -0.05) is 0 Å². The van der Waals surface area contributed by atoms with Crippen molar-refractivity contribution >= 4 is 27.9 Å². The van der Waals surface area contributed by atoms with Crippen LogP contribution in [0.1, 0.15) is 5.82 Å². The molecule has 138 valence electrons. The summed E-state index contributed by atoms with van der Waals surface area (Å²) in [6, 6.07) is 11.5. The smallest absolute Gasteiger partial charge is 0.175 e. The van der Waals surface area contributed by atoms with E-state index in [0.29, 0.717) is 5.82 Å². The van der Waals surface area contributed by atoms with Crippen molar-refractivity contribution < 1.29 is 9.47 Å². The molecule has 1 aromatic carbocycles. The Hall–Kier alpha value is -3.52. The summed E-state index contributed by atoms with van der Waals surface area (Å²) in [6.45, 7) is 0.285. The van der Waals surface area contributed by atoms with Gasteiger partial charge < -0.3 is 9.47 Å². The van der Waals surface area contributed by atoms with Crippen LogP contribution >= 0.6 is 11.3 Å². The van der Waals surface area contributed by atoms with Crippen LogP contribution in [0.25, 0.3) is 27.1 Å². The average molecular weight is 389 g/mol. The Morgan fingerprint density at radius 3 is 2.86 bits per heavy atom. The van der Waals surface area contributed by atoms with Gasteiger partial charge in [-0.05, 0) is 30.3 Å². The molecule has 7 nitrogen and oxygen atoms in total. The minimum absolute atomic E-state index is 0.285. The molecule has 0 saturated carbocycles. The van der Waals surface area contributed by atoms with Gasteiger partial charge in [0.15, 0.2) is 11.5 Å². The molecular formula is C20H15N5O2S. The van der Waals surface area contributed by atoms with Crippen molar-refractivity contribution in [1.82, 2.24) is 24.6 Å². The van der Waals surface area contributed by atoms with E-state index in [1.165, 1.54) is 0 Å². The molecule has 5 aromatic rings. The number of nitrogens with zero attached hydrogens (tertiary/aromatic N) is 5. The van der Waals surface area contributed by atoms with Gasteiger partial charge in [0, 0.05) is 41.0 Å². The van der Waals surface area contributed by atoms with E-state index >= 15 is 0 Å². The fourth-order valence-electron chi connectivity index (χ4n) is 3.03. The van der Waals surface area contributed by atoms with Gasteiger partial charge in [-0.25, -0.2) is 4.98 Å². The zero-order chi connectivity index (χ0) is 18.9. The molecule has 4 aromatic heterocycles. The van der Waals surface area contributed by atoms with Crippen LogP contribution in [-0.4, -0.2) is 31.7 Å². The van der Waals surface area contributed by atoms with Gasteiger partial charge in [-0.15, -0.1) is 21.5 Å². The fraction of sp³-hybridized carbons (Fsp3) is 0.100. The Labute approximate surface area is 164 Å². The van der Waals surface area contributed by atoms with Crippen molar-refractivity contribution in [1.29, 1.82) is 0 Å². The van der Waals surface area contributed by atoms with Crippen molar-refractivity contribution in [2.45, 2.75) is 6.61 Å². The van der Waals surface area contributed by atoms with Crippen molar-refractivity contribution in [2.75, 3.05) is 7.11 Å². The quantitative estimate of drug-likeness (QED) is 0.452. The number of pyridine rings is 2. The maximum absolute atomic E-state index is 6.06. The van der Waals surface area contributed by atoms with Crippen molar-refractivity contribution in [3.63, 3.8) is 0 Å². The molecule has 8 heteroatoms. The Balaban J connectivity index is 1.46. The van der Waals surface area contributed by atoms with E-state index in [2.05, 4.69) is 20.2 Å². The average Bonchev–Trinajstić information content (AvgIpc) is 3.41. The third kappa shape index (κ3) is 2.93. The molecule has 0 aliphatic rings. The van der Waals surface area contributed by atoms with Crippen LogP contribution in [0, 0.1) is 0 Å².